The predicted molar refractivity (Wildman–Crippen MR) is 68.4 cm³/mol. The highest BCUT2D eigenvalue weighted by molar-refractivity contribution is 6.62. The zero-order chi connectivity index (χ0) is 12.3. The van der Waals surface area contributed by atoms with Crippen LogP contribution in [0.25, 0.3) is 5.57 Å². The molecule has 1 aliphatic heterocycles. The van der Waals surface area contributed by atoms with Gasteiger partial charge in [-0.05, 0) is 29.7 Å². The highest BCUT2D eigenvalue weighted by atomic mass is 35.5. The number of rotatable bonds is 2. The van der Waals surface area contributed by atoms with Gasteiger partial charge < -0.3 is 9.64 Å². The Hall–Kier alpha value is -1.48. The van der Waals surface area contributed by atoms with Crippen LogP contribution in [-0.4, -0.2) is 30.5 Å². The third-order valence-electron chi connectivity index (χ3n) is 2.91. The summed E-state index contributed by atoms with van der Waals surface area (Å²) in [6, 6.07) is 7.90. The fourth-order valence-electron chi connectivity index (χ4n) is 1.98. The van der Waals surface area contributed by atoms with Crippen LogP contribution < -0.4 is 4.74 Å². The molecular weight excluding hydrogens is 238 g/mol. The zero-order valence-corrected chi connectivity index (χ0v) is 10.4. The predicted octanol–water partition coefficient (Wildman–Crippen LogP) is 3.14. The van der Waals surface area contributed by atoms with Gasteiger partial charge in [-0.25, -0.2) is 0 Å². The minimum atomic E-state index is -0.389. The molecule has 4 heteroatoms. The minimum Gasteiger partial charge on any atom is -0.496 e. The summed E-state index contributed by atoms with van der Waals surface area (Å²) in [6.45, 7) is 1.22. The molecule has 3 nitrogen and oxygen atoms in total. The highest BCUT2D eigenvalue weighted by Gasteiger charge is 2.17. The molecule has 2 rings (SSSR count). The van der Waals surface area contributed by atoms with Crippen LogP contribution in [0.3, 0.4) is 0 Å². The van der Waals surface area contributed by atoms with Crippen LogP contribution in [0.5, 0.6) is 5.75 Å². The molecule has 0 aliphatic carbocycles. The number of halogens is 1. The standard InChI is InChI=1S/C13H14ClNO2/c1-17-12-5-3-2-4-11(12)10-6-8-15(9-7-10)13(14)16/h2-6H,7-9H2,1H3. The van der Waals surface area contributed by atoms with Crippen molar-refractivity contribution in [3.05, 3.63) is 35.9 Å². The molecule has 0 atom stereocenters. The Morgan fingerprint density at radius 3 is 2.76 bits per heavy atom. The molecule has 17 heavy (non-hydrogen) atoms. The molecule has 0 saturated heterocycles. The van der Waals surface area contributed by atoms with Crippen molar-refractivity contribution in [1.82, 2.24) is 4.90 Å². The molecule has 1 aromatic rings. The van der Waals surface area contributed by atoms with Gasteiger partial charge in [0, 0.05) is 18.7 Å². The van der Waals surface area contributed by atoms with Gasteiger partial charge >= 0.3 is 5.37 Å². The summed E-state index contributed by atoms with van der Waals surface area (Å²) >= 11 is 5.44. The smallest absolute Gasteiger partial charge is 0.316 e. The lowest BCUT2D eigenvalue weighted by molar-refractivity contribution is 0.227. The van der Waals surface area contributed by atoms with Gasteiger partial charge in [-0.1, -0.05) is 24.3 Å². The summed E-state index contributed by atoms with van der Waals surface area (Å²) in [5, 5.41) is -0.389. The fraction of sp³-hybridized carbons (Fsp3) is 0.308. The topological polar surface area (TPSA) is 29.5 Å². The Bertz CT molecular complexity index is 456. The van der Waals surface area contributed by atoms with Crippen LogP contribution in [0, 0.1) is 0 Å². The number of ether oxygens (including phenoxy) is 1. The van der Waals surface area contributed by atoms with Crippen LogP contribution in [0.4, 0.5) is 4.79 Å². The normalized spacial score (nSPS) is 15.4. The number of benzene rings is 1. The maximum absolute atomic E-state index is 11.0. The first-order valence-corrected chi connectivity index (χ1v) is 5.87. The van der Waals surface area contributed by atoms with Gasteiger partial charge in [-0.3, -0.25) is 4.79 Å². The van der Waals surface area contributed by atoms with Crippen molar-refractivity contribution in [3.63, 3.8) is 0 Å². The summed E-state index contributed by atoms with van der Waals surface area (Å²) in [5.41, 5.74) is 2.30. The summed E-state index contributed by atoms with van der Waals surface area (Å²) in [6.07, 6.45) is 2.83. The van der Waals surface area contributed by atoms with E-state index >= 15 is 0 Å². The molecule has 0 unspecified atom stereocenters. The summed E-state index contributed by atoms with van der Waals surface area (Å²) < 4.78 is 5.33. The number of amides is 1. The Kier molecular flexibility index (Phi) is 3.69. The second-order valence-corrected chi connectivity index (χ2v) is 4.20. The third kappa shape index (κ3) is 2.61. The molecule has 0 aromatic heterocycles. The maximum Gasteiger partial charge on any atom is 0.316 e. The van der Waals surface area contributed by atoms with Gasteiger partial charge in [0.15, 0.2) is 0 Å². The Morgan fingerprint density at radius 1 is 1.41 bits per heavy atom. The molecule has 0 bridgehead atoms. The second-order valence-electron chi connectivity index (χ2n) is 3.88. The van der Waals surface area contributed by atoms with Crippen molar-refractivity contribution in [3.8, 4) is 5.75 Å². The molecular formula is C13H14ClNO2. The molecule has 0 saturated carbocycles. The number of carbonyl (C=O) groups excluding carboxylic acids is 1. The molecule has 90 valence electrons. The van der Waals surface area contributed by atoms with Gasteiger partial charge in [-0.2, -0.15) is 0 Å². The van der Waals surface area contributed by atoms with Crippen molar-refractivity contribution in [2.24, 2.45) is 0 Å². The van der Waals surface area contributed by atoms with Crippen LogP contribution in [0.15, 0.2) is 30.3 Å². The van der Waals surface area contributed by atoms with Crippen LogP contribution >= 0.6 is 11.6 Å². The molecule has 0 spiro atoms. The third-order valence-corrected chi connectivity index (χ3v) is 3.15. The lowest BCUT2D eigenvalue weighted by atomic mass is 9.99. The summed E-state index contributed by atoms with van der Waals surface area (Å²) in [5.74, 6) is 0.865. The van der Waals surface area contributed by atoms with E-state index in [-0.39, 0.29) is 5.37 Å². The van der Waals surface area contributed by atoms with Gasteiger partial charge in [0.05, 0.1) is 7.11 Å². The van der Waals surface area contributed by atoms with E-state index in [9.17, 15) is 4.79 Å². The lowest BCUT2D eigenvalue weighted by Crippen LogP contribution is -2.30. The fourth-order valence-corrected chi connectivity index (χ4v) is 2.14. The van der Waals surface area contributed by atoms with Crippen molar-refractivity contribution in [2.75, 3.05) is 20.2 Å². The largest absolute Gasteiger partial charge is 0.496 e. The van der Waals surface area contributed by atoms with E-state index in [0.29, 0.717) is 13.1 Å². The number of para-hydroxylation sites is 1. The quantitative estimate of drug-likeness (QED) is 0.597. The molecule has 0 N–H and O–H groups in total. The summed E-state index contributed by atoms with van der Waals surface area (Å²) in [7, 11) is 1.66. The van der Waals surface area contributed by atoms with Crippen molar-refractivity contribution >= 4 is 22.5 Å². The molecule has 1 amide bonds. The highest BCUT2D eigenvalue weighted by Crippen LogP contribution is 2.30. The molecule has 1 aromatic carbocycles. The van der Waals surface area contributed by atoms with E-state index < -0.39 is 0 Å². The van der Waals surface area contributed by atoms with Crippen molar-refractivity contribution in [1.29, 1.82) is 0 Å². The number of hydrogen-bond donors (Lipinski definition) is 0. The van der Waals surface area contributed by atoms with Crippen molar-refractivity contribution < 1.29 is 9.53 Å². The minimum absolute atomic E-state index is 0.389. The average molecular weight is 252 g/mol. The van der Waals surface area contributed by atoms with Crippen molar-refractivity contribution in [2.45, 2.75) is 6.42 Å². The lowest BCUT2D eigenvalue weighted by Gasteiger charge is -2.24. The van der Waals surface area contributed by atoms with Gasteiger partial charge in [0.1, 0.15) is 5.75 Å². The Morgan fingerprint density at radius 2 is 2.18 bits per heavy atom. The van der Waals surface area contributed by atoms with Gasteiger partial charge in [0.2, 0.25) is 0 Å². The van der Waals surface area contributed by atoms with Crippen LogP contribution in [0.1, 0.15) is 12.0 Å². The van der Waals surface area contributed by atoms with E-state index in [2.05, 4.69) is 0 Å². The first-order valence-electron chi connectivity index (χ1n) is 5.49. The Balaban J connectivity index is 2.22. The van der Waals surface area contributed by atoms with E-state index in [1.807, 2.05) is 30.3 Å². The Labute approximate surface area is 106 Å². The number of carbonyl (C=O) groups is 1. The van der Waals surface area contributed by atoms with E-state index in [1.165, 1.54) is 5.57 Å². The van der Waals surface area contributed by atoms with E-state index in [4.69, 9.17) is 16.3 Å². The monoisotopic (exact) mass is 251 g/mol. The second kappa shape index (κ2) is 5.23. The first kappa shape index (κ1) is 12.0. The zero-order valence-electron chi connectivity index (χ0n) is 9.65. The molecule has 0 fully saturated rings. The van der Waals surface area contributed by atoms with Crippen LogP contribution in [-0.2, 0) is 0 Å². The molecule has 1 aliphatic rings. The average Bonchev–Trinajstić information content (AvgIpc) is 2.39. The number of methoxy groups -OCH3 is 1. The number of hydrogen-bond acceptors (Lipinski definition) is 2. The molecule has 1 heterocycles. The van der Waals surface area contributed by atoms with E-state index in [1.54, 1.807) is 12.0 Å². The molecule has 0 radical (unpaired) electrons. The van der Waals surface area contributed by atoms with Gasteiger partial charge in [-0.15, -0.1) is 0 Å². The van der Waals surface area contributed by atoms with Gasteiger partial charge in [0.25, 0.3) is 0 Å². The summed E-state index contributed by atoms with van der Waals surface area (Å²) in [4.78, 5) is 12.6. The maximum atomic E-state index is 11.0. The van der Waals surface area contributed by atoms with Crippen LogP contribution in [0.2, 0.25) is 0 Å². The first-order chi connectivity index (χ1) is 8.22. The SMILES string of the molecule is COc1ccccc1C1=CCN(C(=O)Cl)CC1. The van der Waals surface area contributed by atoms with E-state index in [0.717, 1.165) is 17.7 Å². The number of nitrogens with zero attached hydrogens (tertiary/aromatic N) is 1.